The molecule has 160 valence electrons. The van der Waals surface area contributed by atoms with Crippen LogP contribution in [0.3, 0.4) is 0 Å². The topological polar surface area (TPSA) is 76.9 Å². The second-order valence-corrected chi connectivity index (χ2v) is 8.06. The first-order chi connectivity index (χ1) is 14.7. The first kappa shape index (κ1) is 22.0. The smallest absolute Gasteiger partial charge is 0.229 e. The number of nitrogens with one attached hydrogen (secondary N) is 2. The van der Waals surface area contributed by atoms with Gasteiger partial charge >= 0.3 is 0 Å². The molecule has 0 bridgehead atoms. The van der Waals surface area contributed by atoms with Crippen LogP contribution in [0.25, 0.3) is 0 Å². The van der Waals surface area contributed by atoms with E-state index in [1.165, 1.54) is 25.7 Å². The highest BCUT2D eigenvalue weighted by atomic mass is 15.3. The van der Waals surface area contributed by atoms with E-state index in [0.717, 1.165) is 56.1 Å². The minimum atomic E-state index is 0.528. The summed E-state index contributed by atoms with van der Waals surface area (Å²) >= 11 is 0. The van der Waals surface area contributed by atoms with Crippen LogP contribution in [0.4, 0.5) is 17.5 Å². The number of benzene rings is 1. The Morgan fingerprint density at radius 3 is 2.83 bits per heavy atom. The van der Waals surface area contributed by atoms with E-state index in [-0.39, 0.29) is 0 Å². The Balaban J connectivity index is 1.66. The van der Waals surface area contributed by atoms with Gasteiger partial charge in [-0.2, -0.15) is 10.2 Å². The zero-order valence-electron chi connectivity index (χ0n) is 18.3. The van der Waals surface area contributed by atoms with Crippen molar-refractivity contribution in [3.05, 3.63) is 41.6 Å². The van der Waals surface area contributed by atoms with Crippen molar-refractivity contribution < 1.29 is 0 Å². The number of aryl methyl sites for hydroxylation is 1. The van der Waals surface area contributed by atoms with E-state index in [4.69, 9.17) is 15.2 Å². The fourth-order valence-corrected chi connectivity index (χ4v) is 3.87. The van der Waals surface area contributed by atoms with Crippen molar-refractivity contribution in [3.63, 3.8) is 0 Å². The maximum Gasteiger partial charge on any atom is 0.229 e. The van der Waals surface area contributed by atoms with Crippen molar-refractivity contribution in [2.45, 2.75) is 64.8 Å². The molecule has 2 aromatic rings. The van der Waals surface area contributed by atoms with E-state index < -0.39 is 0 Å². The van der Waals surface area contributed by atoms with Gasteiger partial charge in [-0.25, -0.2) is 4.98 Å². The minimum Gasteiger partial charge on any atom is -0.355 e. The van der Waals surface area contributed by atoms with Crippen molar-refractivity contribution in [2.75, 3.05) is 29.9 Å². The van der Waals surface area contributed by atoms with Crippen LogP contribution >= 0.6 is 0 Å². The number of anilines is 3. The third kappa shape index (κ3) is 6.43. The van der Waals surface area contributed by atoms with E-state index in [2.05, 4.69) is 41.5 Å². The van der Waals surface area contributed by atoms with Gasteiger partial charge in [-0.1, -0.05) is 45.6 Å². The molecule has 6 nitrogen and oxygen atoms in total. The van der Waals surface area contributed by atoms with Gasteiger partial charge in [0.1, 0.15) is 5.82 Å². The van der Waals surface area contributed by atoms with Crippen molar-refractivity contribution >= 4 is 17.5 Å². The molecule has 0 radical (unpaired) electrons. The van der Waals surface area contributed by atoms with Gasteiger partial charge in [-0.05, 0) is 44.0 Å². The Morgan fingerprint density at radius 1 is 1.13 bits per heavy atom. The Kier molecular flexibility index (Phi) is 8.46. The Labute approximate surface area is 180 Å². The van der Waals surface area contributed by atoms with Crippen LogP contribution in [0.2, 0.25) is 0 Å². The van der Waals surface area contributed by atoms with E-state index >= 15 is 0 Å². The standard InChI is InChI=1S/C24H34N6/c1-3-5-6-7-13-26-22-12-14-30(18-22)23-16-20(9-4-2)27-24(29-23)28-21-11-8-10-19(15-21)17-25/h8,10-11,15-16,22,26H,3-7,9,12-14,18H2,1-2H3,(H,27,28,29). The monoisotopic (exact) mass is 406 g/mol. The Hall–Kier alpha value is -2.65. The molecule has 0 amide bonds. The maximum absolute atomic E-state index is 9.14. The molecule has 2 N–H and O–H groups in total. The molecule has 1 aromatic carbocycles. The lowest BCUT2D eigenvalue weighted by atomic mass is 10.2. The average molecular weight is 407 g/mol. The van der Waals surface area contributed by atoms with Crippen molar-refractivity contribution in [2.24, 2.45) is 0 Å². The molecule has 0 aliphatic carbocycles. The number of hydrogen-bond acceptors (Lipinski definition) is 6. The van der Waals surface area contributed by atoms with Crippen LogP contribution in [0.5, 0.6) is 0 Å². The molecule has 1 saturated heterocycles. The van der Waals surface area contributed by atoms with Gasteiger partial charge in [-0.15, -0.1) is 0 Å². The van der Waals surface area contributed by atoms with Gasteiger partial charge in [0.05, 0.1) is 11.6 Å². The van der Waals surface area contributed by atoms with Crippen LogP contribution < -0.4 is 15.5 Å². The molecule has 1 unspecified atom stereocenters. The van der Waals surface area contributed by atoms with Crippen LogP contribution in [0.15, 0.2) is 30.3 Å². The summed E-state index contributed by atoms with van der Waals surface area (Å²) < 4.78 is 0. The largest absolute Gasteiger partial charge is 0.355 e. The van der Waals surface area contributed by atoms with Crippen molar-refractivity contribution in [3.8, 4) is 6.07 Å². The fourth-order valence-electron chi connectivity index (χ4n) is 3.87. The molecule has 1 atom stereocenters. The summed E-state index contributed by atoms with van der Waals surface area (Å²) in [4.78, 5) is 11.9. The molecule has 30 heavy (non-hydrogen) atoms. The lowest BCUT2D eigenvalue weighted by Crippen LogP contribution is -2.33. The SMILES string of the molecule is CCCCCCNC1CCN(c2cc(CCC)nc(Nc3cccc(C#N)c3)n2)C1. The fraction of sp³-hybridized carbons (Fsp3) is 0.542. The van der Waals surface area contributed by atoms with E-state index in [1.54, 1.807) is 6.07 Å². The van der Waals surface area contributed by atoms with E-state index in [0.29, 0.717) is 17.6 Å². The third-order valence-corrected chi connectivity index (χ3v) is 5.50. The summed E-state index contributed by atoms with van der Waals surface area (Å²) in [5, 5.41) is 16.1. The summed E-state index contributed by atoms with van der Waals surface area (Å²) in [5.74, 6) is 1.59. The number of nitrogens with zero attached hydrogens (tertiary/aromatic N) is 4. The van der Waals surface area contributed by atoms with Crippen LogP contribution in [-0.2, 0) is 6.42 Å². The zero-order valence-corrected chi connectivity index (χ0v) is 18.3. The number of unbranched alkanes of at least 4 members (excludes halogenated alkanes) is 3. The highest BCUT2D eigenvalue weighted by molar-refractivity contribution is 5.58. The molecular weight excluding hydrogens is 372 g/mol. The van der Waals surface area contributed by atoms with Crippen LogP contribution in [0.1, 0.15) is 63.6 Å². The molecule has 1 fully saturated rings. The molecule has 0 spiro atoms. The summed E-state index contributed by atoms with van der Waals surface area (Å²) in [7, 11) is 0. The molecular formula is C24H34N6. The number of nitriles is 1. The highest BCUT2D eigenvalue weighted by Crippen LogP contribution is 2.23. The normalized spacial score (nSPS) is 15.9. The van der Waals surface area contributed by atoms with Crippen molar-refractivity contribution in [1.29, 1.82) is 5.26 Å². The summed E-state index contributed by atoms with van der Waals surface area (Å²) in [6, 6.07) is 12.3. The molecule has 3 rings (SSSR count). The highest BCUT2D eigenvalue weighted by Gasteiger charge is 2.23. The second kappa shape index (κ2) is 11.5. The molecule has 6 heteroatoms. The van der Waals surface area contributed by atoms with Crippen molar-refractivity contribution in [1.82, 2.24) is 15.3 Å². The zero-order chi connectivity index (χ0) is 21.2. The second-order valence-electron chi connectivity index (χ2n) is 8.06. The number of aromatic nitrogens is 2. The molecule has 2 heterocycles. The summed E-state index contributed by atoms with van der Waals surface area (Å²) in [5.41, 5.74) is 2.51. The van der Waals surface area contributed by atoms with Crippen LogP contribution in [-0.4, -0.2) is 35.6 Å². The lowest BCUT2D eigenvalue weighted by Gasteiger charge is -2.20. The van der Waals surface area contributed by atoms with Crippen LogP contribution in [0, 0.1) is 11.3 Å². The minimum absolute atomic E-state index is 0.528. The molecule has 1 aromatic heterocycles. The summed E-state index contributed by atoms with van der Waals surface area (Å²) in [6.45, 7) is 7.52. The molecule has 0 saturated carbocycles. The number of hydrogen-bond donors (Lipinski definition) is 2. The van der Waals surface area contributed by atoms with Gasteiger partial charge in [0.15, 0.2) is 0 Å². The maximum atomic E-state index is 9.14. The third-order valence-electron chi connectivity index (χ3n) is 5.50. The van der Waals surface area contributed by atoms with E-state index in [9.17, 15) is 0 Å². The van der Waals surface area contributed by atoms with Gasteiger partial charge in [0.25, 0.3) is 0 Å². The predicted octanol–water partition coefficient (Wildman–Crippen LogP) is 4.79. The van der Waals surface area contributed by atoms with E-state index in [1.807, 2.05) is 18.2 Å². The first-order valence-electron chi connectivity index (χ1n) is 11.3. The van der Waals surface area contributed by atoms with Gasteiger partial charge in [-0.3, -0.25) is 0 Å². The summed E-state index contributed by atoms with van der Waals surface area (Å²) in [6.07, 6.45) is 8.29. The Morgan fingerprint density at radius 2 is 2.03 bits per heavy atom. The quantitative estimate of drug-likeness (QED) is 0.522. The number of rotatable bonds is 11. The first-order valence-corrected chi connectivity index (χ1v) is 11.3. The predicted molar refractivity (Wildman–Crippen MR) is 123 cm³/mol. The lowest BCUT2D eigenvalue weighted by molar-refractivity contribution is 0.522. The van der Waals surface area contributed by atoms with Gasteiger partial charge < -0.3 is 15.5 Å². The van der Waals surface area contributed by atoms with Gasteiger partial charge in [0.2, 0.25) is 5.95 Å². The molecule has 1 aliphatic heterocycles. The molecule has 1 aliphatic rings. The average Bonchev–Trinajstić information content (AvgIpc) is 3.23. The van der Waals surface area contributed by atoms with Gasteiger partial charge in [0, 0.05) is 36.6 Å². The Bertz CT molecular complexity index is 844.